The van der Waals surface area contributed by atoms with Crippen molar-refractivity contribution in [3.63, 3.8) is 0 Å². The average molecular weight is 453 g/mol. The summed E-state index contributed by atoms with van der Waals surface area (Å²) in [4.78, 5) is 24.5. The van der Waals surface area contributed by atoms with E-state index in [4.69, 9.17) is 16.3 Å². The summed E-state index contributed by atoms with van der Waals surface area (Å²) in [6, 6.07) is 9.82. The highest BCUT2D eigenvalue weighted by Crippen LogP contribution is 2.22. The highest BCUT2D eigenvalue weighted by atomic mass is 35.5. The normalized spacial score (nSPS) is 11.4. The molecular formula is C21H25ClN2O5S. The van der Waals surface area contributed by atoms with Gasteiger partial charge in [-0.3, -0.25) is 4.79 Å². The Bertz CT molecular complexity index is 1000. The van der Waals surface area contributed by atoms with Crippen LogP contribution in [0.4, 0.5) is 5.69 Å². The van der Waals surface area contributed by atoms with Gasteiger partial charge in [0, 0.05) is 11.7 Å². The van der Waals surface area contributed by atoms with E-state index in [0.717, 1.165) is 12.8 Å². The average Bonchev–Trinajstić information content (AvgIpc) is 2.67. The molecule has 9 heteroatoms. The van der Waals surface area contributed by atoms with Crippen molar-refractivity contribution in [3.05, 3.63) is 58.6 Å². The highest BCUT2D eigenvalue weighted by molar-refractivity contribution is 7.89. The Hall–Kier alpha value is -2.42. The van der Waals surface area contributed by atoms with Crippen LogP contribution >= 0.6 is 11.6 Å². The van der Waals surface area contributed by atoms with Gasteiger partial charge in [0.2, 0.25) is 10.0 Å². The van der Waals surface area contributed by atoms with E-state index in [1.165, 1.54) is 18.2 Å². The Labute approximate surface area is 181 Å². The molecule has 0 radical (unpaired) electrons. The molecule has 0 spiro atoms. The Morgan fingerprint density at radius 3 is 2.37 bits per heavy atom. The van der Waals surface area contributed by atoms with Crippen LogP contribution in [0, 0.1) is 0 Å². The lowest BCUT2D eigenvalue weighted by Gasteiger charge is -2.12. The van der Waals surface area contributed by atoms with Crippen LogP contribution in [0.1, 0.15) is 54.3 Å². The maximum absolute atomic E-state index is 12.6. The zero-order valence-electron chi connectivity index (χ0n) is 17.1. The molecule has 2 aromatic carbocycles. The Morgan fingerprint density at radius 2 is 1.77 bits per heavy atom. The smallest absolute Gasteiger partial charge is 0.338 e. The Balaban J connectivity index is 2.14. The summed E-state index contributed by atoms with van der Waals surface area (Å²) in [6.07, 6.45) is 1.72. The van der Waals surface area contributed by atoms with Crippen LogP contribution in [-0.4, -0.2) is 32.9 Å². The van der Waals surface area contributed by atoms with Gasteiger partial charge in [-0.1, -0.05) is 24.9 Å². The van der Waals surface area contributed by atoms with Gasteiger partial charge >= 0.3 is 5.97 Å². The fourth-order valence-corrected chi connectivity index (χ4v) is 3.98. The third-order valence-corrected chi connectivity index (χ3v) is 5.98. The van der Waals surface area contributed by atoms with Gasteiger partial charge in [-0.15, -0.1) is 0 Å². The van der Waals surface area contributed by atoms with Crippen LogP contribution in [0.15, 0.2) is 47.4 Å². The standard InChI is InChI=1S/C21H25ClN2O5S/c1-4-5-12-29-21(26)15-6-8-16(9-7-15)23-20(25)18-13-17(10-11-19(18)22)30(27,28)24-14(2)3/h6-11,13-14,24H,4-5,12H2,1-3H3,(H,23,25). The van der Waals surface area contributed by atoms with Gasteiger partial charge in [-0.2, -0.15) is 0 Å². The van der Waals surface area contributed by atoms with E-state index in [2.05, 4.69) is 10.0 Å². The van der Waals surface area contributed by atoms with Crippen molar-refractivity contribution in [1.29, 1.82) is 0 Å². The van der Waals surface area contributed by atoms with Crippen molar-refractivity contribution >= 4 is 39.2 Å². The molecule has 0 saturated carbocycles. The lowest BCUT2D eigenvalue weighted by molar-refractivity contribution is 0.0499. The minimum absolute atomic E-state index is 0.0198. The second-order valence-corrected chi connectivity index (χ2v) is 9.06. The molecule has 30 heavy (non-hydrogen) atoms. The fraction of sp³-hybridized carbons (Fsp3) is 0.333. The molecule has 0 atom stereocenters. The third-order valence-electron chi connectivity index (χ3n) is 3.99. The number of halogens is 1. The number of sulfonamides is 1. The summed E-state index contributed by atoms with van der Waals surface area (Å²) in [6.45, 7) is 5.76. The number of hydrogen-bond donors (Lipinski definition) is 2. The van der Waals surface area contributed by atoms with E-state index in [1.54, 1.807) is 38.1 Å². The van der Waals surface area contributed by atoms with Crippen molar-refractivity contribution < 1.29 is 22.7 Å². The van der Waals surface area contributed by atoms with Crippen LogP contribution < -0.4 is 10.0 Å². The van der Waals surface area contributed by atoms with Gasteiger partial charge in [0.05, 0.1) is 27.7 Å². The summed E-state index contributed by atoms with van der Waals surface area (Å²) in [7, 11) is -3.77. The minimum atomic E-state index is -3.77. The highest BCUT2D eigenvalue weighted by Gasteiger charge is 2.20. The lowest BCUT2D eigenvalue weighted by Crippen LogP contribution is -2.30. The molecule has 2 aromatic rings. The van der Waals surface area contributed by atoms with Crippen molar-refractivity contribution in [3.8, 4) is 0 Å². The zero-order chi connectivity index (χ0) is 22.3. The maximum Gasteiger partial charge on any atom is 0.338 e. The summed E-state index contributed by atoms with van der Waals surface area (Å²) in [5, 5.41) is 2.76. The fourth-order valence-electron chi connectivity index (χ4n) is 2.50. The van der Waals surface area contributed by atoms with E-state index in [-0.39, 0.29) is 21.5 Å². The molecule has 0 aliphatic rings. The summed E-state index contributed by atoms with van der Waals surface area (Å²) in [5.41, 5.74) is 0.816. The van der Waals surface area contributed by atoms with Gasteiger partial charge in [0.15, 0.2) is 0 Å². The summed E-state index contributed by atoms with van der Waals surface area (Å²) < 4.78 is 32.3. The predicted octanol–water partition coefficient (Wildman–Crippen LogP) is 4.24. The van der Waals surface area contributed by atoms with Crippen LogP contribution in [-0.2, 0) is 14.8 Å². The molecular weight excluding hydrogens is 428 g/mol. The number of benzene rings is 2. The van der Waals surface area contributed by atoms with Crippen molar-refractivity contribution in [1.82, 2.24) is 4.72 Å². The summed E-state index contributed by atoms with van der Waals surface area (Å²) in [5.74, 6) is -1.00. The molecule has 0 aliphatic heterocycles. The number of unbranched alkanes of at least 4 members (excludes halogenated alkanes) is 1. The van der Waals surface area contributed by atoms with Gasteiger partial charge < -0.3 is 10.1 Å². The Morgan fingerprint density at radius 1 is 1.10 bits per heavy atom. The van der Waals surface area contributed by atoms with Gasteiger partial charge in [0.25, 0.3) is 5.91 Å². The molecule has 0 heterocycles. The molecule has 0 fully saturated rings. The predicted molar refractivity (Wildman–Crippen MR) is 116 cm³/mol. The number of hydrogen-bond acceptors (Lipinski definition) is 5. The number of anilines is 1. The second-order valence-electron chi connectivity index (χ2n) is 6.94. The minimum Gasteiger partial charge on any atom is -0.462 e. The van der Waals surface area contributed by atoms with Crippen LogP contribution in [0.3, 0.4) is 0 Å². The van der Waals surface area contributed by atoms with E-state index in [1.807, 2.05) is 6.92 Å². The topological polar surface area (TPSA) is 102 Å². The molecule has 0 aliphatic carbocycles. The SMILES string of the molecule is CCCCOC(=O)c1ccc(NC(=O)c2cc(S(=O)(=O)NC(C)C)ccc2Cl)cc1. The first kappa shape index (κ1) is 23.9. The molecule has 0 bridgehead atoms. The number of ether oxygens (including phenoxy) is 1. The number of carbonyl (C=O) groups is 2. The van der Waals surface area contributed by atoms with E-state index < -0.39 is 21.9 Å². The van der Waals surface area contributed by atoms with Crippen molar-refractivity contribution in [2.24, 2.45) is 0 Å². The second kappa shape index (κ2) is 10.6. The van der Waals surface area contributed by atoms with Gasteiger partial charge in [0.1, 0.15) is 0 Å². The number of amides is 1. The molecule has 2 rings (SSSR count). The third kappa shape index (κ3) is 6.55. The quantitative estimate of drug-likeness (QED) is 0.437. The Kier molecular flexibility index (Phi) is 8.40. The zero-order valence-corrected chi connectivity index (χ0v) is 18.6. The molecule has 7 nitrogen and oxygen atoms in total. The molecule has 0 unspecified atom stereocenters. The molecule has 1 amide bonds. The first-order valence-corrected chi connectivity index (χ1v) is 11.4. The van der Waals surface area contributed by atoms with Crippen molar-refractivity contribution in [2.45, 2.75) is 44.6 Å². The van der Waals surface area contributed by atoms with E-state index >= 15 is 0 Å². The largest absolute Gasteiger partial charge is 0.462 e. The maximum atomic E-state index is 12.6. The monoisotopic (exact) mass is 452 g/mol. The van der Waals surface area contributed by atoms with Crippen LogP contribution in [0.25, 0.3) is 0 Å². The first-order valence-electron chi connectivity index (χ1n) is 9.54. The van der Waals surface area contributed by atoms with Gasteiger partial charge in [-0.05, 0) is 62.7 Å². The van der Waals surface area contributed by atoms with E-state index in [9.17, 15) is 18.0 Å². The molecule has 0 aromatic heterocycles. The van der Waals surface area contributed by atoms with E-state index in [0.29, 0.717) is 17.9 Å². The summed E-state index contributed by atoms with van der Waals surface area (Å²) >= 11 is 6.10. The molecule has 0 saturated heterocycles. The number of rotatable bonds is 9. The van der Waals surface area contributed by atoms with Gasteiger partial charge in [-0.25, -0.2) is 17.9 Å². The molecule has 162 valence electrons. The number of carbonyl (C=O) groups excluding carboxylic acids is 2. The molecule has 2 N–H and O–H groups in total. The van der Waals surface area contributed by atoms with Crippen molar-refractivity contribution in [2.75, 3.05) is 11.9 Å². The number of nitrogens with one attached hydrogen (secondary N) is 2. The number of esters is 1. The first-order chi connectivity index (χ1) is 14.1. The lowest BCUT2D eigenvalue weighted by atomic mass is 10.2. The van der Waals surface area contributed by atoms with Crippen LogP contribution in [0.5, 0.6) is 0 Å². The van der Waals surface area contributed by atoms with Crippen LogP contribution in [0.2, 0.25) is 5.02 Å².